The molecule has 0 fully saturated rings. The van der Waals surface area contributed by atoms with Crippen LogP contribution in [-0.4, -0.2) is 44.2 Å². The van der Waals surface area contributed by atoms with Crippen molar-refractivity contribution in [3.8, 4) is 22.8 Å². The summed E-state index contributed by atoms with van der Waals surface area (Å²) >= 11 is 1.29. The lowest BCUT2D eigenvalue weighted by atomic mass is 10.1. The molecule has 0 radical (unpaired) electrons. The summed E-state index contributed by atoms with van der Waals surface area (Å²) in [4.78, 5) is 16.5. The Morgan fingerprint density at radius 2 is 1.74 bits per heavy atom. The van der Waals surface area contributed by atoms with E-state index in [0.717, 1.165) is 28.1 Å². The molecule has 1 N–H and O–H groups in total. The molecule has 1 amide bonds. The highest BCUT2D eigenvalue weighted by atomic mass is 32.2. The third kappa shape index (κ3) is 5.49. The van der Waals surface area contributed by atoms with Crippen molar-refractivity contribution in [2.45, 2.75) is 19.0 Å². The summed E-state index contributed by atoms with van der Waals surface area (Å²) in [6.07, 6.45) is 3.37. The highest BCUT2D eigenvalue weighted by molar-refractivity contribution is 7.99. The van der Waals surface area contributed by atoms with E-state index in [1.54, 1.807) is 19.5 Å². The fourth-order valence-corrected chi connectivity index (χ4v) is 3.93. The first-order valence-corrected chi connectivity index (χ1v) is 11.6. The summed E-state index contributed by atoms with van der Waals surface area (Å²) in [6, 6.07) is 19.4. The minimum Gasteiger partial charge on any atom is -0.497 e. The molecular weight excluding hydrogens is 448 g/mol. The second kappa shape index (κ2) is 10.8. The van der Waals surface area contributed by atoms with Gasteiger partial charge in [-0.1, -0.05) is 41.6 Å². The third-order valence-electron chi connectivity index (χ3n) is 5.05. The number of methoxy groups -OCH3 is 1. The van der Waals surface area contributed by atoms with Crippen LogP contribution in [0.2, 0.25) is 0 Å². The Hall–Kier alpha value is -3.98. The zero-order valence-corrected chi connectivity index (χ0v) is 19.9. The van der Waals surface area contributed by atoms with Gasteiger partial charge in [-0.2, -0.15) is 5.10 Å². The van der Waals surface area contributed by atoms with Crippen LogP contribution in [-0.2, 0) is 4.79 Å². The zero-order chi connectivity index (χ0) is 23.9. The number of carbonyl (C=O) groups is 1. The monoisotopic (exact) mass is 472 g/mol. The summed E-state index contributed by atoms with van der Waals surface area (Å²) in [7, 11) is 1.63. The molecule has 2 aromatic carbocycles. The number of aryl methyl sites for hydroxylation is 1. The second-order valence-corrected chi connectivity index (χ2v) is 8.40. The molecule has 0 aliphatic rings. The zero-order valence-electron chi connectivity index (χ0n) is 19.1. The first-order chi connectivity index (χ1) is 16.5. The maximum absolute atomic E-state index is 12.5. The number of hydrogen-bond donors (Lipinski definition) is 1. The van der Waals surface area contributed by atoms with E-state index < -0.39 is 0 Å². The van der Waals surface area contributed by atoms with Crippen LogP contribution in [0.25, 0.3) is 17.1 Å². The first-order valence-electron chi connectivity index (χ1n) is 10.6. The summed E-state index contributed by atoms with van der Waals surface area (Å²) in [5, 5.41) is 13.6. The van der Waals surface area contributed by atoms with Gasteiger partial charge in [-0.05, 0) is 50.2 Å². The Labute approximate surface area is 202 Å². The Morgan fingerprint density at radius 1 is 1.03 bits per heavy atom. The molecule has 0 spiro atoms. The number of nitrogens with one attached hydrogen (secondary N) is 1. The van der Waals surface area contributed by atoms with Crippen LogP contribution in [0.1, 0.15) is 18.1 Å². The highest BCUT2D eigenvalue weighted by Gasteiger charge is 2.17. The summed E-state index contributed by atoms with van der Waals surface area (Å²) in [5.74, 6) is 1.35. The number of carbonyl (C=O) groups excluding carboxylic acids is 1. The van der Waals surface area contributed by atoms with Crippen molar-refractivity contribution in [3.05, 3.63) is 84.2 Å². The molecule has 9 heteroatoms. The normalized spacial score (nSPS) is 11.3. The van der Waals surface area contributed by atoms with Crippen LogP contribution in [0.4, 0.5) is 0 Å². The van der Waals surface area contributed by atoms with Gasteiger partial charge < -0.3 is 4.74 Å². The van der Waals surface area contributed by atoms with Gasteiger partial charge in [-0.3, -0.25) is 14.3 Å². The van der Waals surface area contributed by atoms with E-state index in [1.165, 1.54) is 11.8 Å². The van der Waals surface area contributed by atoms with Crippen LogP contribution in [0, 0.1) is 6.92 Å². The lowest BCUT2D eigenvalue weighted by Crippen LogP contribution is -2.21. The van der Waals surface area contributed by atoms with E-state index in [4.69, 9.17) is 4.74 Å². The predicted molar refractivity (Wildman–Crippen MR) is 133 cm³/mol. The molecule has 0 saturated carbocycles. The van der Waals surface area contributed by atoms with Gasteiger partial charge in [-0.25, -0.2) is 5.43 Å². The average Bonchev–Trinajstić information content (AvgIpc) is 3.31. The van der Waals surface area contributed by atoms with Gasteiger partial charge in [0.25, 0.3) is 5.91 Å². The van der Waals surface area contributed by atoms with Crippen LogP contribution in [0.15, 0.2) is 83.3 Å². The van der Waals surface area contributed by atoms with Gasteiger partial charge in [0.2, 0.25) is 0 Å². The third-order valence-corrected chi connectivity index (χ3v) is 5.98. The predicted octanol–water partition coefficient (Wildman–Crippen LogP) is 4.28. The first kappa shape index (κ1) is 23.2. The summed E-state index contributed by atoms with van der Waals surface area (Å²) in [6.45, 7) is 3.87. The average molecular weight is 473 g/mol. The molecule has 34 heavy (non-hydrogen) atoms. The van der Waals surface area contributed by atoms with Crippen LogP contribution in [0.3, 0.4) is 0 Å². The van der Waals surface area contributed by atoms with Crippen molar-refractivity contribution in [2.24, 2.45) is 5.10 Å². The number of benzene rings is 2. The molecule has 0 bridgehead atoms. The molecule has 2 aromatic heterocycles. The van der Waals surface area contributed by atoms with Gasteiger partial charge in [0, 0.05) is 29.2 Å². The molecule has 4 rings (SSSR count). The minimum absolute atomic E-state index is 0.134. The molecule has 0 aliphatic carbocycles. The van der Waals surface area contributed by atoms with Gasteiger partial charge in [-0.15, -0.1) is 10.2 Å². The smallest absolute Gasteiger partial charge is 0.250 e. The van der Waals surface area contributed by atoms with Crippen molar-refractivity contribution in [1.82, 2.24) is 25.2 Å². The fourth-order valence-electron chi connectivity index (χ4n) is 3.18. The Balaban J connectivity index is 1.55. The van der Waals surface area contributed by atoms with Gasteiger partial charge >= 0.3 is 0 Å². The number of aromatic nitrogens is 4. The molecule has 172 valence electrons. The van der Waals surface area contributed by atoms with E-state index in [-0.39, 0.29) is 11.7 Å². The van der Waals surface area contributed by atoms with Crippen LogP contribution >= 0.6 is 11.8 Å². The molecule has 0 saturated heterocycles. The molecule has 0 atom stereocenters. The SMILES string of the molecule is COc1ccc(-n2c(SCC(=O)NN=C(C)c3ccncc3)nnc2-c2ccc(C)cc2)cc1. The second-order valence-electron chi connectivity index (χ2n) is 7.46. The number of amides is 1. The number of nitrogens with zero attached hydrogens (tertiary/aromatic N) is 5. The van der Waals surface area contributed by atoms with Gasteiger partial charge in [0.05, 0.1) is 18.6 Å². The van der Waals surface area contributed by atoms with Crippen LogP contribution < -0.4 is 10.2 Å². The van der Waals surface area contributed by atoms with E-state index in [1.807, 2.05) is 79.1 Å². The molecule has 8 nitrogen and oxygen atoms in total. The maximum atomic E-state index is 12.5. The van der Waals surface area contributed by atoms with Crippen molar-refractivity contribution < 1.29 is 9.53 Å². The van der Waals surface area contributed by atoms with Crippen molar-refractivity contribution in [1.29, 1.82) is 0 Å². The molecule has 0 unspecified atom stereocenters. The van der Waals surface area contributed by atoms with Gasteiger partial charge in [0.15, 0.2) is 11.0 Å². The minimum atomic E-state index is -0.237. The maximum Gasteiger partial charge on any atom is 0.250 e. The number of thioether (sulfide) groups is 1. The van der Waals surface area contributed by atoms with E-state index >= 15 is 0 Å². The lowest BCUT2D eigenvalue weighted by Gasteiger charge is -2.11. The molecule has 0 aliphatic heterocycles. The van der Waals surface area contributed by atoms with Gasteiger partial charge in [0.1, 0.15) is 5.75 Å². The fraction of sp³-hybridized carbons (Fsp3) is 0.160. The van der Waals surface area contributed by atoms with E-state index in [9.17, 15) is 4.79 Å². The van der Waals surface area contributed by atoms with Crippen LogP contribution in [0.5, 0.6) is 5.75 Å². The Kier molecular flexibility index (Phi) is 7.34. The number of ether oxygens (including phenoxy) is 1. The summed E-state index contributed by atoms with van der Waals surface area (Å²) in [5.41, 5.74) is 7.16. The summed E-state index contributed by atoms with van der Waals surface area (Å²) < 4.78 is 7.23. The number of hydrogen-bond acceptors (Lipinski definition) is 7. The van der Waals surface area contributed by atoms with E-state index in [0.29, 0.717) is 16.7 Å². The number of hydrazone groups is 1. The quantitative estimate of drug-likeness (QED) is 0.234. The van der Waals surface area contributed by atoms with Crippen molar-refractivity contribution in [2.75, 3.05) is 12.9 Å². The topological polar surface area (TPSA) is 94.3 Å². The van der Waals surface area contributed by atoms with E-state index in [2.05, 4.69) is 25.7 Å². The molecule has 4 aromatic rings. The lowest BCUT2D eigenvalue weighted by molar-refractivity contribution is -0.118. The number of pyridine rings is 1. The number of rotatable bonds is 8. The standard InChI is InChI=1S/C25H24N6O2S/c1-17-4-6-20(7-5-17)24-29-30-25(31(24)21-8-10-22(33-3)11-9-21)34-16-23(32)28-27-18(2)19-12-14-26-15-13-19/h4-15H,16H2,1-3H3,(H,28,32). The van der Waals surface area contributed by atoms with Crippen molar-refractivity contribution in [3.63, 3.8) is 0 Å². The molecular formula is C25H24N6O2S. The molecule has 2 heterocycles. The Morgan fingerprint density at radius 3 is 2.41 bits per heavy atom. The van der Waals surface area contributed by atoms with Crippen molar-refractivity contribution >= 4 is 23.4 Å². The highest BCUT2D eigenvalue weighted by Crippen LogP contribution is 2.29. The Bertz CT molecular complexity index is 1290. The largest absolute Gasteiger partial charge is 0.497 e.